The van der Waals surface area contributed by atoms with E-state index in [0.717, 1.165) is 16.7 Å². The molecule has 162 valence electrons. The van der Waals surface area contributed by atoms with E-state index in [-0.39, 0.29) is 11.6 Å². The lowest BCUT2D eigenvalue weighted by Crippen LogP contribution is -2.27. The van der Waals surface area contributed by atoms with E-state index in [1.54, 1.807) is 18.2 Å². The zero-order valence-electron chi connectivity index (χ0n) is 17.8. The van der Waals surface area contributed by atoms with Crippen LogP contribution in [0.2, 0.25) is 5.02 Å². The minimum absolute atomic E-state index is 0.173. The van der Waals surface area contributed by atoms with Gasteiger partial charge in [0, 0.05) is 22.6 Å². The highest BCUT2D eigenvalue weighted by molar-refractivity contribution is 6.32. The summed E-state index contributed by atoms with van der Waals surface area (Å²) >= 11 is 6.26. The molecule has 0 aliphatic carbocycles. The number of nitrogens with zero attached hydrogens (tertiary/aromatic N) is 1. The lowest BCUT2D eigenvalue weighted by molar-refractivity contribution is -0.117. The van der Waals surface area contributed by atoms with Gasteiger partial charge < -0.3 is 15.3 Å². The zero-order chi connectivity index (χ0) is 22.7. The first-order valence-electron chi connectivity index (χ1n) is 10.5. The molecule has 7 heteroatoms. The molecule has 32 heavy (non-hydrogen) atoms. The predicted molar refractivity (Wildman–Crippen MR) is 130 cm³/mol. The van der Waals surface area contributed by atoms with Crippen LogP contribution in [0.4, 0.5) is 5.69 Å². The molecule has 3 aromatic carbocycles. The van der Waals surface area contributed by atoms with E-state index in [1.807, 2.05) is 62.4 Å². The van der Waals surface area contributed by atoms with Crippen molar-refractivity contribution >= 4 is 39.9 Å². The van der Waals surface area contributed by atoms with E-state index in [2.05, 4.69) is 15.3 Å². The van der Waals surface area contributed by atoms with Crippen LogP contribution in [0.3, 0.4) is 0 Å². The van der Waals surface area contributed by atoms with Gasteiger partial charge >= 0.3 is 5.69 Å². The van der Waals surface area contributed by atoms with Crippen molar-refractivity contribution < 1.29 is 4.79 Å². The molecule has 1 amide bonds. The number of halogens is 1. The van der Waals surface area contributed by atoms with Gasteiger partial charge in [0.25, 0.3) is 0 Å². The summed E-state index contributed by atoms with van der Waals surface area (Å²) in [4.78, 5) is 35.0. The Labute approximate surface area is 190 Å². The molecule has 2 heterocycles. The van der Waals surface area contributed by atoms with E-state index >= 15 is 0 Å². The molecular weight excluding hydrogens is 424 g/mol. The van der Waals surface area contributed by atoms with Crippen LogP contribution in [0, 0.1) is 0 Å². The smallest absolute Gasteiger partial charge is 0.323 e. The quantitative estimate of drug-likeness (QED) is 0.416. The monoisotopic (exact) mass is 446 g/mol. The number of carbonyl (C=O) groups is 1. The minimum atomic E-state index is -0.602. The van der Waals surface area contributed by atoms with Crippen LogP contribution in [0.5, 0.6) is 0 Å². The maximum atomic E-state index is 13.0. The number of carbonyl (C=O) groups excluding carboxylic acids is 1. The number of rotatable bonds is 3. The number of H-pyrrole nitrogens is 2. The molecule has 1 aliphatic heterocycles. The zero-order valence-corrected chi connectivity index (χ0v) is 18.5. The Morgan fingerprint density at radius 2 is 1.66 bits per heavy atom. The average molecular weight is 447 g/mol. The van der Waals surface area contributed by atoms with Crippen LogP contribution in [-0.4, -0.2) is 27.6 Å². The van der Waals surface area contributed by atoms with Crippen molar-refractivity contribution in [2.24, 2.45) is 4.99 Å². The molecule has 1 unspecified atom stereocenters. The van der Waals surface area contributed by atoms with E-state index < -0.39 is 6.04 Å². The Morgan fingerprint density at radius 1 is 0.906 bits per heavy atom. The lowest BCUT2D eigenvalue weighted by Gasteiger charge is -2.11. The minimum Gasteiger partial charge on any atom is -0.324 e. The fourth-order valence-corrected chi connectivity index (χ4v) is 3.88. The third kappa shape index (κ3) is 4.36. The van der Waals surface area contributed by atoms with Crippen LogP contribution in [0.15, 0.2) is 76.5 Å². The Balaban J connectivity index is 0.00000119. The number of aliphatic imine (C=N–C) groups is 1. The molecule has 1 aliphatic rings. The van der Waals surface area contributed by atoms with Gasteiger partial charge in [-0.2, -0.15) is 0 Å². The second-order valence-corrected chi connectivity index (χ2v) is 7.64. The summed E-state index contributed by atoms with van der Waals surface area (Å²) in [6, 6.07) is 20.1. The number of nitrogens with one attached hydrogen (secondary N) is 3. The lowest BCUT2D eigenvalue weighted by atomic mass is 10.00. The van der Waals surface area contributed by atoms with Gasteiger partial charge in [-0.15, -0.1) is 0 Å². The van der Waals surface area contributed by atoms with Gasteiger partial charge in [0.15, 0.2) is 0 Å². The summed E-state index contributed by atoms with van der Waals surface area (Å²) in [7, 11) is 0. The second kappa shape index (κ2) is 9.24. The molecule has 0 saturated carbocycles. The average Bonchev–Trinajstić information content (AvgIpc) is 3.12. The van der Waals surface area contributed by atoms with Gasteiger partial charge in [-0.05, 0) is 35.9 Å². The first-order chi connectivity index (χ1) is 15.6. The number of fused-ring (bicyclic) bond motifs is 2. The number of imidazole rings is 1. The molecular formula is C25H23ClN4O2. The molecule has 0 saturated heterocycles. The first-order valence-corrected chi connectivity index (χ1v) is 10.9. The second-order valence-electron chi connectivity index (χ2n) is 7.20. The summed E-state index contributed by atoms with van der Waals surface area (Å²) in [5.41, 5.74) is 4.96. The molecule has 0 fully saturated rings. The van der Waals surface area contributed by atoms with Gasteiger partial charge in [0.2, 0.25) is 5.91 Å². The maximum absolute atomic E-state index is 13.0. The number of benzene rings is 3. The summed E-state index contributed by atoms with van der Waals surface area (Å²) in [5, 5.41) is 3.53. The van der Waals surface area contributed by atoms with Crippen molar-refractivity contribution in [2.75, 3.05) is 5.32 Å². The summed E-state index contributed by atoms with van der Waals surface area (Å²) in [5.74, 6) is -0.173. The van der Waals surface area contributed by atoms with Crippen molar-refractivity contribution in [3.05, 3.63) is 98.9 Å². The highest BCUT2D eigenvalue weighted by Gasteiger charge is 2.26. The molecule has 0 spiro atoms. The number of hydrogen-bond acceptors (Lipinski definition) is 3. The van der Waals surface area contributed by atoms with Crippen molar-refractivity contribution in [1.29, 1.82) is 0 Å². The maximum Gasteiger partial charge on any atom is 0.323 e. The third-order valence-electron chi connectivity index (χ3n) is 5.14. The SMILES string of the molecule is CC.O=C1Nc2ccc(Cl)cc2C(c2ccc3[nH]c(=O)[nH]c3c2)=NC1Cc1ccccc1. The van der Waals surface area contributed by atoms with Gasteiger partial charge in [0.1, 0.15) is 6.04 Å². The Kier molecular flexibility index (Phi) is 6.23. The topological polar surface area (TPSA) is 90.1 Å². The number of hydrogen-bond donors (Lipinski definition) is 3. The molecule has 0 radical (unpaired) electrons. The Bertz CT molecular complexity index is 1360. The highest BCUT2D eigenvalue weighted by atomic mass is 35.5. The Morgan fingerprint density at radius 3 is 2.44 bits per heavy atom. The van der Waals surface area contributed by atoms with E-state index in [4.69, 9.17) is 16.6 Å². The summed E-state index contributed by atoms with van der Waals surface area (Å²) < 4.78 is 0. The van der Waals surface area contributed by atoms with Crippen LogP contribution in [0.1, 0.15) is 30.5 Å². The van der Waals surface area contributed by atoms with Crippen LogP contribution < -0.4 is 11.0 Å². The van der Waals surface area contributed by atoms with Crippen LogP contribution in [-0.2, 0) is 11.2 Å². The van der Waals surface area contributed by atoms with Gasteiger partial charge in [0.05, 0.1) is 22.4 Å². The largest absolute Gasteiger partial charge is 0.324 e. The molecule has 3 N–H and O–H groups in total. The molecule has 4 aromatic rings. The molecule has 1 atom stereocenters. The van der Waals surface area contributed by atoms with Crippen LogP contribution >= 0.6 is 11.6 Å². The van der Waals surface area contributed by atoms with Gasteiger partial charge in [-0.3, -0.25) is 9.79 Å². The summed E-state index contributed by atoms with van der Waals surface area (Å²) in [6.07, 6.45) is 0.473. The number of amides is 1. The first kappa shape index (κ1) is 21.6. The molecule has 0 bridgehead atoms. The van der Waals surface area contributed by atoms with E-state index in [0.29, 0.717) is 33.9 Å². The standard InChI is InChI=1S/C23H17ClN4O2.C2H6/c24-15-7-9-17-16(12-15)21(14-6-8-18-19(11-14)28-23(30)27-18)25-20(22(29)26-17)10-13-4-2-1-3-5-13;1-2/h1-9,11-12,20H,10H2,(H,26,29)(H2,27,28,30);1-2H3. The molecule has 5 rings (SSSR count). The number of aromatic amines is 2. The Hall–Kier alpha value is -3.64. The van der Waals surface area contributed by atoms with E-state index in [1.165, 1.54) is 0 Å². The third-order valence-corrected chi connectivity index (χ3v) is 5.38. The van der Waals surface area contributed by atoms with Crippen LogP contribution in [0.25, 0.3) is 11.0 Å². The van der Waals surface area contributed by atoms with Crippen molar-refractivity contribution in [3.63, 3.8) is 0 Å². The fourth-order valence-electron chi connectivity index (χ4n) is 3.71. The van der Waals surface area contributed by atoms with Gasteiger partial charge in [-0.25, -0.2) is 4.79 Å². The highest BCUT2D eigenvalue weighted by Crippen LogP contribution is 2.28. The summed E-state index contributed by atoms with van der Waals surface area (Å²) in [6.45, 7) is 4.00. The normalized spacial score (nSPS) is 15.2. The predicted octanol–water partition coefficient (Wildman–Crippen LogP) is 4.94. The van der Waals surface area contributed by atoms with Crippen molar-refractivity contribution in [2.45, 2.75) is 26.3 Å². The molecule has 1 aromatic heterocycles. The van der Waals surface area contributed by atoms with Gasteiger partial charge in [-0.1, -0.05) is 61.8 Å². The van der Waals surface area contributed by atoms with E-state index in [9.17, 15) is 9.59 Å². The number of benzodiazepines with no additional fused rings is 1. The number of aromatic nitrogens is 2. The molecule has 6 nitrogen and oxygen atoms in total. The number of anilines is 1. The van der Waals surface area contributed by atoms with Crippen molar-refractivity contribution in [3.8, 4) is 0 Å². The fraction of sp³-hybridized carbons (Fsp3) is 0.160. The van der Waals surface area contributed by atoms with Crippen molar-refractivity contribution in [1.82, 2.24) is 9.97 Å².